The Morgan fingerprint density at radius 1 is 0.407 bits per heavy atom. The summed E-state index contributed by atoms with van der Waals surface area (Å²) in [6.07, 6.45) is 0. The van der Waals surface area contributed by atoms with Gasteiger partial charge in [-0.3, -0.25) is 4.57 Å². The van der Waals surface area contributed by atoms with E-state index in [1.165, 1.54) is 5.56 Å². The molecule has 0 spiro atoms. The fraction of sp³-hybridized carbons (Fsp3) is 0. The molecule has 0 aliphatic heterocycles. The van der Waals surface area contributed by atoms with Gasteiger partial charge in [0.2, 0.25) is 5.95 Å². The third-order valence-corrected chi connectivity index (χ3v) is 11.6. The molecule has 9 aromatic carbocycles. The second-order valence-corrected chi connectivity index (χ2v) is 14.9. The predicted octanol–water partition coefficient (Wildman–Crippen LogP) is 14.6. The van der Waals surface area contributed by atoms with Crippen molar-refractivity contribution in [2.24, 2.45) is 0 Å². The molecule has 0 N–H and O–H groups in total. The maximum Gasteiger partial charge on any atom is 0.235 e. The maximum atomic E-state index is 7.12. The standard InChI is InChI=1S/C54H34N4O/c1-4-16-35(17-5-1)36-28-30-37(31-29-36)52-42-24-12-14-26-45(42)55-54(56-52)58-46-27-15-13-25-43(46)51-47(58)33-32-44-50-41-23-11-10-22-40(41)48(34-49(50)59-53(44)51)57(38-18-6-2-7-19-38)39-20-8-3-9-21-39/h1-34H. The van der Waals surface area contributed by atoms with Gasteiger partial charge in [0.15, 0.2) is 0 Å². The third-order valence-electron chi connectivity index (χ3n) is 11.6. The summed E-state index contributed by atoms with van der Waals surface area (Å²) in [4.78, 5) is 12.9. The van der Waals surface area contributed by atoms with Gasteiger partial charge in [0.1, 0.15) is 11.2 Å². The van der Waals surface area contributed by atoms with Crippen LogP contribution in [0.25, 0.3) is 93.8 Å². The van der Waals surface area contributed by atoms with Crippen LogP contribution in [-0.4, -0.2) is 14.5 Å². The van der Waals surface area contributed by atoms with Gasteiger partial charge in [0.05, 0.1) is 33.3 Å². The molecular formula is C54H34N4O. The molecule has 0 unspecified atom stereocenters. The lowest BCUT2D eigenvalue weighted by Crippen LogP contribution is -2.10. The van der Waals surface area contributed by atoms with Gasteiger partial charge in [-0.2, -0.15) is 0 Å². The van der Waals surface area contributed by atoms with Crippen molar-refractivity contribution in [3.8, 4) is 28.3 Å². The van der Waals surface area contributed by atoms with Crippen LogP contribution in [0.2, 0.25) is 0 Å². The molecule has 0 bridgehead atoms. The Balaban J connectivity index is 1.10. The molecule has 0 amide bonds. The van der Waals surface area contributed by atoms with E-state index in [4.69, 9.17) is 14.4 Å². The third kappa shape index (κ3) is 5.25. The minimum absolute atomic E-state index is 0.613. The first kappa shape index (κ1) is 33.2. The predicted molar refractivity (Wildman–Crippen MR) is 244 cm³/mol. The van der Waals surface area contributed by atoms with E-state index in [0.717, 1.165) is 99.3 Å². The fourth-order valence-electron chi connectivity index (χ4n) is 8.95. The Morgan fingerprint density at radius 2 is 0.983 bits per heavy atom. The van der Waals surface area contributed by atoms with E-state index in [9.17, 15) is 0 Å². The van der Waals surface area contributed by atoms with E-state index in [-0.39, 0.29) is 0 Å². The average molecular weight is 755 g/mol. The minimum Gasteiger partial charge on any atom is -0.455 e. The number of hydrogen-bond donors (Lipinski definition) is 0. The van der Waals surface area contributed by atoms with Crippen LogP contribution < -0.4 is 4.90 Å². The second-order valence-electron chi connectivity index (χ2n) is 14.9. The van der Waals surface area contributed by atoms with Crippen LogP contribution in [0.4, 0.5) is 17.1 Å². The summed E-state index contributed by atoms with van der Waals surface area (Å²) in [7, 11) is 0. The first-order valence-corrected chi connectivity index (χ1v) is 19.9. The zero-order valence-corrected chi connectivity index (χ0v) is 31.8. The van der Waals surface area contributed by atoms with Crippen molar-refractivity contribution in [3.63, 3.8) is 0 Å². The molecule has 0 saturated carbocycles. The van der Waals surface area contributed by atoms with E-state index < -0.39 is 0 Å². The molecule has 0 aliphatic rings. The van der Waals surface area contributed by atoms with Gasteiger partial charge >= 0.3 is 0 Å². The van der Waals surface area contributed by atoms with Gasteiger partial charge < -0.3 is 9.32 Å². The zero-order chi connectivity index (χ0) is 38.9. The Bertz CT molecular complexity index is 3500. The second kappa shape index (κ2) is 13.3. The molecule has 0 atom stereocenters. The van der Waals surface area contributed by atoms with Crippen molar-refractivity contribution >= 4 is 82.5 Å². The van der Waals surface area contributed by atoms with Crippen LogP contribution in [0.15, 0.2) is 211 Å². The Hall–Kier alpha value is -8.02. The number of furan rings is 1. The lowest BCUT2D eigenvalue weighted by atomic mass is 10.00. The fourth-order valence-corrected chi connectivity index (χ4v) is 8.95. The van der Waals surface area contributed by atoms with Crippen molar-refractivity contribution in [2.45, 2.75) is 0 Å². The van der Waals surface area contributed by atoms with E-state index >= 15 is 0 Å². The van der Waals surface area contributed by atoms with Crippen molar-refractivity contribution in [1.29, 1.82) is 0 Å². The Kier molecular flexibility index (Phi) is 7.47. The van der Waals surface area contributed by atoms with Crippen LogP contribution in [-0.2, 0) is 0 Å². The number of fused-ring (bicyclic) bond motifs is 10. The zero-order valence-electron chi connectivity index (χ0n) is 31.8. The molecule has 5 heteroatoms. The van der Waals surface area contributed by atoms with E-state index in [2.05, 4.69) is 204 Å². The summed E-state index contributed by atoms with van der Waals surface area (Å²) in [5, 5.41) is 7.58. The van der Waals surface area contributed by atoms with Crippen molar-refractivity contribution in [2.75, 3.05) is 4.90 Å². The van der Waals surface area contributed by atoms with E-state index in [0.29, 0.717) is 5.95 Å². The molecule has 59 heavy (non-hydrogen) atoms. The molecule has 12 rings (SSSR count). The van der Waals surface area contributed by atoms with Gasteiger partial charge in [-0.15, -0.1) is 0 Å². The Labute approximate surface area is 339 Å². The first-order valence-electron chi connectivity index (χ1n) is 19.9. The van der Waals surface area contributed by atoms with Gasteiger partial charge in [0.25, 0.3) is 0 Å². The van der Waals surface area contributed by atoms with Gasteiger partial charge in [-0.1, -0.05) is 152 Å². The molecule has 3 heterocycles. The molecule has 0 saturated heterocycles. The smallest absolute Gasteiger partial charge is 0.235 e. The van der Waals surface area contributed by atoms with Gasteiger partial charge in [-0.05, 0) is 65.0 Å². The SMILES string of the molecule is c1ccc(-c2ccc(-c3nc(-n4c5ccccc5c5c6oc7cc(N(c8ccccc8)c8ccccc8)c8ccccc8c7c6ccc54)nc4ccccc34)cc2)cc1. The number of para-hydroxylation sites is 4. The molecule has 0 radical (unpaired) electrons. The van der Waals surface area contributed by atoms with Crippen LogP contribution in [0, 0.1) is 0 Å². The number of nitrogens with zero attached hydrogens (tertiary/aromatic N) is 4. The summed E-state index contributed by atoms with van der Waals surface area (Å²) in [6, 6.07) is 72.3. The van der Waals surface area contributed by atoms with Crippen molar-refractivity contribution < 1.29 is 4.42 Å². The first-order chi connectivity index (χ1) is 29.3. The summed E-state index contributed by atoms with van der Waals surface area (Å²) in [5.41, 5.74) is 12.0. The van der Waals surface area contributed by atoms with Crippen molar-refractivity contribution in [3.05, 3.63) is 206 Å². The number of benzene rings is 9. The van der Waals surface area contributed by atoms with E-state index in [1.807, 2.05) is 12.1 Å². The van der Waals surface area contributed by atoms with Crippen LogP contribution >= 0.6 is 0 Å². The summed E-state index contributed by atoms with van der Waals surface area (Å²) in [5.74, 6) is 0.613. The van der Waals surface area contributed by atoms with Crippen LogP contribution in [0.5, 0.6) is 0 Å². The summed E-state index contributed by atoms with van der Waals surface area (Å²) >= 11 is 0. The molecule has 0 fully saturated rings. The topological polar surface area (TPSA) is 47.1 Å². The maximum absolute atomic E-state index is 7.12. The molecule has 12 aromatic rings. The highest BCUT2D eigenvalue weighted by molar-refractivity contribution is 6.29. The lowest BCUT2D eigenvalue weighted by Gasteiger charge is -2.26. The van der Waals surface area contributed by atoms with E-state index in [1.54, 1.807) is 0 Å². The monoisotopic (exact) mass is 754 g/mol. The molecule has 0 aliphatic carbocycles. The minimum atomic E-state index is 0.613. The molecule has 5 nitrogen and oxygen atoms in total. The summed E-state index contributed by atoms with van der Waals surface area (Å²) in [6.45, 7) is 0. The number of aromatic nitrogens is 3. The van der Waals surface area contributed by atoms with Crippen LogP contribution in [0.1, 0.15) is 0 Å². The van der Waals surface area contributed by atoms with Gasteiger partial charge in [0, 0.05) is 49.9 Å². The number of hydrogen-bond acceptors (Lipinski definition) is 4. The number of rotatable bonds is 6. The van der Waals surface area contributed by atoms with Crippen molar-refractivity contribution in [1.82, 2.24) is 14.5 Å². The largest absolute Gasteiger partial charge is 0.455 e. The summed E-state index contributed by atoms with van der Waals surface area (Å²) < 4.78 is 9.32. The average Bonchev–Trinajstić information content (AvgIpc) is 3.86. The number of anilines is 3. The highest BCUT2D eigenvalue weighted by Crippen LogP contribution is 2.47. The quantitative estimate of drug-likeness (QED) is 0.170. The Morgan fingerprint density at radius 3 is 1.71 bits per heavy atom. The normalized spacial score (nSPS) is 11.7. The molecular weight excluding hydrogens is 721 g/mol. The van der Waals surface area contributed by atoms with Gasteiger partial charge in [-0.25, -0.2) is 9.97 Å². The highest BCUT2D eigenvalue weighted by atomic mass is 16.3. The molecule has 3 aromatic heterocycles. The lowest BCUT2D eigenvalue weighted by molar-refractivity contribution is 0.673. The highest BCUT2D eigenvalue weighted by Gasteiger charge is 2.24. The molecule has 276 valence electrons. The van der Waals surface area contributed by atoms with Crippen LogP contribution in [0.3, 0.4) is 0 Å².